The molecule has 0 spiro atoms. The number of aromatic nitrogens is 2. The summed E-state index contributed by atoms with van der Waals surface area (Å²) in [5.41, 5.74) is 0.452. The predicted octanol–water partition coefficient (Wildman–Crippen LogP) is 3.47. The second kappa shape index (κ2) is 5.95. The molecule has 1 saturated carbocycles. The lowest BCUT2D eigenvalue weighted by molar-refractivity contribution is 0.358. The summed E-state index contributed by atoms with van der Waals surface area (Å²) in [4.78, 5) is 12.1. The lowest BCUT2D eigenvalue weighted by Gasteiger charge is -2.28. The number of nitrogens with zero attached hydrogens (tertiary/aromatic N) is 2. The van der Waals surface area contributed by atoms with Gasteiger partial charge in [0.15, 0.2) is 0 Å². The van der Waals surface area contributed by atoms with E-state index >= 15 is 0 Å². The summed E-state index contributed by atoms with van der Waals surface area (Å²) in [5, 5.41) is 7.81. The van der Waals surface area contributed by atoms with E-state index in [-0.39, 0.29) is 16.6 Å². The molecule has 0 aliphatic heterocycles. The van der Waals surface area contributed by atoms with Gasteiger partial charge in [-0.15, -0.1) is 0 Å². The molecule has 0 bridgehead atoms. The smallest absolute Gasteiger partial charge is 0.287 e. The SMILES string of the molecule is CC1CCCC(Nc2cnn(C(C)C)c(=O)c2Cl)C1. The Balaban J connectivity index is 2.17. The zero-order valence-corrected chi connectivity index (χ0v) is 12.6. The standard InChI is InChI=1S/C14H22ClN3O/c1-9(2)18-14(19)13(15)12(8-16-18)17-11-6-4-5-10(3)7-11/h8-11,17H,4-7H2,1-3H3. The minimum Gasteiger partial charge on any atom is -0.380 e. The Hall–Kier alpha value is -1.03. The largest absolute Gasteiger partial charge is 0.380 e. The van der Waals surface area contributed by atoms with E-state index in [0.29, 0.717) is 11.7 Å². The lowest BCUT2D eigenvalue weighted by atomic mass is 9.87. The summed E-state index contributed by atoms with van der Waals surface area (Å²) in [5.74, 6) is 0.731. The third-order valence-electron chi connectivity index (χ3n) is 3.73. The predicted molar refractivity (Wildman–Crippen MR) is 78.9 cm³/mol. The van der Waals surface area contributed by atoms with Crippen LogP contribution in [-0.4, -0.2) is 15.8 Å². The number of anilines is 1. The first kappa shape index (κ1) is 14.4. The quantitative estimate of drug-likeness (QED) is 0.924. The number of nitrogens with one attached hydrogen (secondary N) is 1. The number of hydrogen-bond acceptors (Lipinski definition) is 3. The average Bonchev–Trinajstić information content (AvgIpc) is 2.35. The molecule has 1 N–H and O–H groups in total. The van der Waals surface area contributed by atoms with Crippen molar-refractivity contribution < 1.29 is 0 Å². The first-order valence-electron chi connectivity index (χ1n) is 7.03. The molecule has 4 nitrogen and oxygen atoms in total. The maximum absolute atomic E-state index is 12.1. The Bertz CT molecular complexity index is 498. The highest BCUT2D eigenvalue weighted by Crippen LogP contribution is 2.27. The summed E-state index contributed by atoms with van der Waals surface area (Å²) in [6.07, 6.45) is 6.45. The van der Waals surface area contributed by atoms with Gasteiger partial charge in [-0.1, -0.05) is 31.4 Å². The Morgan fingerprint density at radius 2 is 2.21 bits per heavy atom. The van der Waals surface area contributed by atoms with E-state index in [2.05, 4.69) is 17.3 Å². The molecule has 2 unspecified atom stereocenters. The Morgan fingerprint density at radius 3 is 2.84 bits per heavy atom. The molecule has 0 amide bonds. The van der Waals surface area contributed by atoms with Gasteiger partial charge in [0.25, 0.3) is 5.56 Å². The van der Waals surface area contributed by atoms with Gasteiger partial charge >= 0.3 is 0 Å². The highest BCUT2D eigenvalue weighted by atomic mass is 35.5. The first-order chi connectivity index (χ1) is 8.99. The lowest BCUT2D eigenvalue weighted by Crippen LogP contribution is -2.30. The fourth-order valence-electron chi connectivity index (χ4n) is 2.70. The molecule has 5 heteroatoms. The molecule has 1 fully saturated rings. The van der Waals surface area contributed by atoms with Crippen LogP contribution in [0.15, 0.2) is 11.0 Å². The van der Waals surface area contributed by atoms with E-state index in [0.717, 1.165) is 18.8 Å². The summed E-state index contributed by atoms with van der Waals surface area (Å²) < 4.78 is 1.41. The monoisotopic (exact) mass is 283 g/mol. The van der Waals surface area contributed by atoms with Crippen LogP contribution in [0.1, 0.15) is 52.5 Å². The van der Waals surface area contributed by atoms with Crippen molar-refractivity contribution in [2.45, 2.75) is 58.5 Å². The molecule has 0 saturated heterocycles. The zero-order valence-electron chi connectivity index (χ0n) is 11.8. The number of halogens is 1. The molecule has 2 rings (SSSR count). The molecule has 1 aromatic heterocycles. The van der Waals surface area contributed by atoms with Crippen LogP contribution in [0.4, 0.5) is 5.69 Å². The molecule has 1 aromatic rings. The van der Waals surface area contributed by atoms with Crippen molar-refractivity contribution in [1.82, 2.24) is 9.78 Å². The maximum atomic E-state index is 12.1. The van der Waals surface area contributed by atoms with Gasteiger partial charge < -0.3 is 5.32 Å². The van der Waals surface area contributed by atoms with Crippen LogP contribution in [0.2, 0.25) is 5.02 Å². The number of rotatable bonds is 3. The molecular formula is C14H22ClN3O. The fraction of sp³-hybridized carbons (Fsp3) is 0.714. The molecule has 19 heavy (non-hydrogen) atoms. The molecule has 2 atom stereocenters. The van der Waals surface area contributed by atoms with Gasteiger partial charge in [-0.2, -0.15) is 5.10 Å². The maximum Gasteiger partial charge on any atom is 0.287 e. The molecule has 0 aromatic carbocycles. The van der Waals surface area contributed by atoms with Crippen LogP contribution >= 0.6 is 11.6 Å². The average molecular weight is 284 g/mol. The topological polar surface area (TPSA) is 46.9 Å². The molecular weight excluding hydrogens is 262 g/mol. The van der Waals surface area contributed by atoms with Crippen LogP contribution in [0.25, 0.3) is 0 Å². The summed E-state index contributed by atoms with van der Waals surface area (Å²) in [6.45, 7) is 6.10. The Morgan fingerprint density at radius 1 is 1.47 bits per heavy atom. The summed E-state index contributed by atoms with van der Waals surface area (Å²) in [7, 11) is 0. The minimum absolute atomic E-state index is 0.0220. The van der Waals surface area contributed by atoms with Gasteiger partial charge in [0.1, 0.15) is 5.02 Å². The third kappa shape index (κ3) is 3.30. The van der Waals surface area contributed by atoms with Crippen molar-refractivity contribution in [1.29, 1.82) is 0 Å². The van der Waals surface area contributed by atoms with Crippen molar-refractivity contribution >= 4 is 17.3 Å². The van der Waals surface area contributed by atoms with Crippen LogP contribution in [0.3, 0.4) is 0 Å². The van der Waals surface area contributed by atoms with Gasteiger partial charge in [0, 0.05) is 6.04 Å². The molecule has 0 radical (unpaired) electrons. The minimum atomic E-state index is -0.217. The Labute approximate surface area is 119 Å². The van der Waals surface area contributed by atoms with Crippen LogP contribution in [0.5, 0.6) is 0 Å². The molecule has 1 aliphatic carbocycles. The highest BCUT2D eigenvalue weighted by Gasteiger charge is 2.20. The van der Waals surface area contributed by atoms with E-state index in [9.17, 15) is 4.79 Å². The molecule has 1 heterocycles. The van der Waals surface area contributed by atoms with Crippen LogP contribution in [-0.2, 0) is 0 Å². The second-order valence-electron chi connectivity index (χ2n) is 5.83. The van der Waals surface area contributed by atoms with Gasteiger partial charge in [0.05, 0.1) is 17.9 Å². The van der Waals surface area contributed by atoms with Gasteiger partial charge in [0.2, 0.25) is 0 Å². The van der Waals surface area contributed by atoms with Crippen molar-refractivity contribution in [2.24, 2.45) is 5.92 Å². The second-order valence-corrected chi connectivity index (χ2v) is 6.21. The van der Waals surface area contributed by atoms with Crippen molar-refractivity contribution in [2.75, 3.05) is 5.32 Å². The fourth-order valence-corrected chi connectivity index (χ4v) is 2.89. The molecule has 106 valence electrons. The van der Waals surface area contributed by atoms with E-state index in [1.54, 1.807) is 6.20 Å². The van der Waals surface area contributed by atoms with Crippen LogP contribution in [0, 0.1) is 5.92 Å². The van der Waals surface area contributed by atoms with E-state index in [4.69, 9.17) is 11.6 Å². The van der Waals surface area contributed by atoms with Crippen LogP contribution < -0.4 is 10.9 Å². The third-order valence-corrected chi connectivity index (χ3v) is 4.09. The first-order valence-corrected chi connectivity index (χ1v) is 7.40. The zero-order chi connectivity index (χ0) is 14.0. The normalized spacial score (nSPS) is 23.6. The van der Waals surface area contributed by atoms with Crippen molar-refractivity contribution in [3.8, 4) is 0 Å². The number of hydrogen-bond donors (Lipinski definition) is 1. The van der Waals surface area contributed by atoms with Gasteiger partial charge in [-0.3, -0.25) is 4.79 Å². The van der Waals surface area contributed by atoms with E-state index < -0.39 is 0 Å². The van der Waals surface area contributed by atoms with Crippen molar-refractivity contribution in [3.05, 3.63) is 21.6 Å². The summed E-state index contributed by atoms with van der Waals surface area (Å²) in [6, 6.07) is 0.422. The van der Waals surface area contributed by atoms with E-state index in [1.165, 1.54) is 17.5 Å². The van der Waals surface area contributed by atoms with Crippen molar-refractivity contribution in [3.63, 3.8) is 0 Å². The summed E-state index contributed by atoms with van der Waals surface area (Å²) >= 11 is 6.16. The Kier molecular flexibility index (Phi) is 4.50. The van der Waals surface area contributed by atoms with E-state index in [1.807, 2.05) is 13.8 Å². The van der Waals surface area contributed by atoms with Gasteiger partial charge in [-0.05, 0) is 32.6 Å². The van der Waals surface area contributed by atoms with Gasteiger partial charge in [-0.25, -0.2) is 4.68 Å². The molecule has 1 aliphatic rings. The highest BCUT2D eigenvalue weighted by molar-refractivity contribution is 6.32.